The molecule has 0 heterocycles. The number of carbonyl (C=O) groups excluding carboxylic acids is 1. The van der Waals surface area contributed by atoms with Gasteiger partial charge >= 0.3 is 0 Å². The van der Waals surface area contributed by atoms with Crippen molar-refractivity contribution in [1.29, 1.82) is 0 Å². The van der Waals surface area contributed by atoms with Gasteiger partial charge in [0.2, 0.25) is 0 Å². The van der Waals surface area contributed by atoms with Gasteiger partial charge in [0.25, 0.3) is 5.91 Å². The van der Waals surface area contributed by atoms with Crippen LogP contribution in [-0.4, -0.2) is 14.3 Å². The van der Waals surface area contributed by atoms with Gasteiger partial charge in [-0.05, 0) is 41.0 Å². The first-order chi connectivity index (χ1) is 13.4. The third kappa shape index (κ3) is 6.71. The highest BCUT2D eigenvalue weighted by atomic mass is 35.5. The van der Waals surface area contributed by atoms with Crippen LogP contribution >= 0.6 is 12.4 Å². The van der Waals surface area contributed by atoms with Crippen LogP contribution < -0.4 is 11.1 Å². The van der Waals surface area contributed by atoms with Gasteiger partial charge in [0, 0.05) is 17.8 Å². The smallest absolute Gasteiger partial charge is 0.255 e. The lowest BCUT2D eigenvalue weighted by Gasteiger charge is -2.09. The van der Waals surface area contributed by atoms with Gasteiger partial charge in [-0.3, -0.25) is 4.79 Å². The summed E-state index contributed by atoms with van der Waals surface area (Å²) in [5.41, 5.74) is 8.93. The molecule has 0 aliphatic carbocycles. The second-order valence-electron chi connectivity index (χ2n) is 6.58. The van der Waals surface area contributed by atoms with Crippen LogP contribution in [0.25, 0.3) is 0 Å². The van der Waals surface area contributed by atoms with E-state index < -0.39 is 9.84 Å². The number of sulfone groups is 1. The Bertz CT molecular complexity index is 1070. The lowest BCUT2D eigenvalue weighted by molar-refractivity contribution is 0.102. The van der Waals surface area contributed by atoms with E-state index in [1.807, 2.05) is 24.3 Å². The molecular formula is C22H23ClN2O3S. The number of rotatable bonds is 7. The number of nitrogens with one attached hydrogen (secondary N) is 1. The molecule has 0 saturated heterocycles. The zero-order valence-corrected chi connectivity index (χ0v) is 17.4. The maximum atomic E-state index is 12.5. The molecule has 3 aromatic carbocycles. The minimum Gasteiger partial charge on any atom is -0.326 e. The summed E-state index contributed by atoms with van der Waals surface area (Å²) in [6, 6.07) is 23.1. The summed E-state index contributed by atoms with van der Waals surface area (Å²) < 4.78 is 25.0. The number of benzene rings is 3. The largest absolute Gasteiger partial charge is 0.326 e. The Morgan fingerprint density at radius 1 is 0.793 bits per heavy atom. The van der Waals surface area contributed by atoms with Crippen molar-refractivity contribution in [1.82, 2.24) is 0 Å². The molecule has 0 radical (unpaired) electrons. The molecule has 3 aromatic rings. The van der Waals surface area contributed by atoms with Crippen molar-refractivity contribution in [2.75, 3.05) is 5.32 Å². The summed E-state index contributed by atoms with van der Waals surface area (Å²) in [5, 5.41) is 2.81. The first-order valence-corrected chi connectivity index (χ1v) is 10.7. The molecular weight excluding hydrogens is 408 g/mol. The third-order valence-electron chi connectivity index (χ3n) is 4.23. The minimum absolute atomic E-state index is 0. The first kappa shape index (κ1) is 22.6. The van der Waals surface area contributed by atoms with E-state index in [0.29, 0.717) is 23.4 Å². The fraction of sp³-hybridized carbons (Fsp3) is 0.136. The molecule has 7 heteroatoms. The van der Waals surface area contributed by atoms with E-state index in [2.05, 4.69) is 5.32 Å². The maximum absolute atomic E-state index is 12.5. The normalized spacial score (nSPS) is 10.8. The average Bonchev–Trinajstić information content (AvgIpc) is 2.68. The van der Waals surface area contributed by atoms with E-state index in [1.165, 1.54) is 0 Å². The maximum Gasteiger partial charge on any atom is 0.255 e. The van der Waals surface area contributed by atoms with E-state index >= 15 is 0 Å². The summed E-state index contributed by atoms with van der Waals surface area (Å²) in [6.45, 7) is 0.357. The fourth-order valence-electron chi connectivity index (χ4n) is 2.91. The standard InChI is InChI=1S/C22H22N2O3S.ClH/c23-14-18-8-4-10-20(12-18)22(25)24-21-11-5-9-19(13-21)16-28(26,27)15-17-6-2-1-3-7-17;/h1-13H,14-16,23H2,(H,24,25);1H. The molecule has 152 valence electrons. The molecule has 29 heavy (non-hydrogen) atoms. The Hall–Kier alpha value is -2.67. The highest BCUT2D eigenvalue weighted by molar-refractivity contribution is 7.89. The molecule has 3 N–H and O–H groups in total. The van der Waals surface area contributed by atoms with Gasteiger partial charge in [0.05, 0.1) is 11.5 Å². The molecule has 0 aliphatic heterocycles. The number of hydrogen-bond donors (Lipinski definition) is 2. The van der Waals surface area contributed by atoms with Crippen molar-refractivity contribution < 1.29 is 13.2 Å². The molecule has 0 spiro atoms. The molecule has 5 nitrogen and oxygen atoms in total. The lowest BCUT2D eigenvalue weighted by atomic mass is 10.1. The zero-order valence-electron chi connectivity index (χ0n) is 15.7. The van der Waals surface area contributed by atoms with Crippen molar-refractivity contribution in [3.63, 3.8) is 0 Å². The van der Waals surface area contributed by atoms with E-state index in [-0.39, 0.29) is 29.8 Å². The van der Waals surface area contributed by atoms with E-state index in [0.717, 1.165) is 11.1 Å². The van der Waals surface area contributed by atoms with Crippen molar-refractivity contribution in [3.05, 3.63) is 101 Å². The minimum atomic E-state index is -3.32. The summed E-state index contributed by atoms with van der Waals surface area (Å²) >= 11 is 0. The van der Waals surface area contributed by atoms with Crippen LogP contribution in [0, 0.1) is 0 Å². The number of carbonyl (C=O) groups is 1. The number of amides is 1. The molecule has 1 amide bonds. The SMILES string of the molecule is Cl.NCc1cccc(C(=O)Nc2cccc(CS(=O)(=O)Cc3ccccc3)c2)c1. The Morgan fingerprint density at radius 3 is 2.14 bits per heavy atom. The summed E-state index contributed by atoms with van der Waals surface area (Å²) in [7, 11) is -3.32. The van der Waals surface area contributed by atoms with E-state index in [1.54, 1.807) is 54.6 Å². The predicted octanol–water partition coefficient (Wildman–Crippen LogP) is 3.93. The molecule has 0 atom stereocenters. The van der Waals surface area contributed by atoms with Crippen molar-refractivity contribution >= 4 is 33.8 Å². The second kappa shape index (κ2) is 10.2. The van der Waals surface area contributed by atoms with Gasteiger partial charge < -0.3 is 11.1 Å². The molecule has 0 bridgehead atoms. The number of nitrogens with two attached hydrogens (primary N) is 1. The van der Waals surface area contributed by atoms with Gasteiger partial charge in [0.15, 0.2) is 9.84 Å². The number of hydrogen-bond acceptors (Lipinski definition) is 4. The molecule has 0 aliphatic rings. The quantitative estimate of drug-likeness (QED) is 0.594. The van der Waals surface area contributed by atoms with Gasteiger partial charge in [-0.1, -0.05) is 54.6 Å². The fourth-order valence-corrected chi connectivity index (χ4v) is 4.40. The zero-order chi connectivity index (χ0) is 20.0. The molecule has 3 rings (SSSR count). The third-order valence-corrected chi connectivity index (χ3v) is 5.77. The second-order valence-corrected chi connectivity index (χ2v) is 8.64. The molecule has 0 saturated carbocycles. The van der Waals surface area contributed by atoms with Crippen LogP contribution in [0.4, 0.5) is 5.69 Å². The Balaban J connectivity index is 0.00000300. The van der Waals surface area contributed by atoms with E-state index in [9.17, 15) is 13.2 Å². The topological polar surface area (TPSA) is 89.3 Å². The van der Waals surface area contributed by atoms with Crippen molar-refractivity contribution in [3.8, 4) is 0 Å². The average molecular weight is 431 g/mol. The monoisotopic (exact) mass is 430 g/mol. The van der Waals surface area contributed by atoms with Crippen molar-refractivity contribution in [2.24, 2.45) is 5.73 Å². The number of anilines is 1. The van der Waals surface area contributed by atoms with Crippen LogP contribution in [0.5, 0.6) is 0 Å². The van der Waals surface area contributed by atoms with Gasteiger partial charge in [-0.15, -0.1) is 12.4 Å². The first-order valence-electron chi connectivity index (χ1n) is 8.89. The summed E-state index contributed by atoms with van der Waals surface area (Å²) in [5.74, 6) is -0.371. The van der Waals surface area contributed by atoms with Gasteiger partial charge in [0.1, 0.15) is 0 Å². The van der Waals surface area contributed by atoms with Crippen LogP contribution in [-0.2, 0) is 27.9 Å². The Morgan fingerprint density at radius 2 is 1.41 bits per heavy atom. The Kier molecular flexibility index (Phi) is 7.96. The summed E-state index contributed by atoms with van der Waals surface area (Å²) in [6.07, 6.45) is 0. The van der Waals surface area contributed by atoms with E-state index in [4.69, 9.17) is 5.73 Å². The van der Waals surface area contributed by atoms with Gasteiger partial charge in [-0.25, -0.2) is 8.42 Å². The highest BCUT2D eigenvalue weighted by Crippen LogP contribution is 2.17. The lowest BCUT2D eigenvalue weighted by Crippen LogP contribution is -2.13. The molecule has 0 unspecified atom stereocenters. The summed E-state index contributed by atoms with van der Waals surface area (Å²) in [4.78, 5) is 12.4. The van der Waals surface area contributed by atoms with Crippen LogP contribution in [0.3, 0.4) is 0 Å². The van der Waals surface area contributed by atoms with Crippen molar-refractivity contribution in [2.45, 2.75) is 18.1 Å². The van der Waals surface area contributed by atoms with Crippen LogP contribution in [0.1, 0.15) is 27.0 Å². The highest BCUT2D eigenvalue weighted by Gasteiger charge is 2.14. The van der Waals surface area contributed by atoms with Crippen LogP contribution in [0.2, 0.25) is 0 Å². The molecule has 0 aromatic heterocycles. The Labute approximate surface area is 177 Å². The van der Waals surface area contributed by atoms with Crippen LogP contribution in [0.15, 0.2) is 78.9 Å². The number of halogens is 1. The van der Waals surface area contributed by atoms with Gasteiger partial charge in [-0.2, -0.15) is 0 Å². The predicted molar refractivity (Wildman–Crippen MR) is 119 cm³/mol. The molecule has 0 fully saturated rings.